The number of nitrogens with one attached hydrogen (secondary N) is 2. The van der Waals surface area contributed by atoms with E-state index < -0.39 is 34.6 Å². The van der Waals surface area contributed by atoms with Gasteiger partial charge in [-0.3, -0.25) is 4.79 Å². The third-order valence-electron chi connectivity index (χ3n) is 2.38. The highest BCUT2D eigenvalue weighted by Gasteiger charge is 2.20. The van der Waals surface area contributed by atoms with Gasteiger partial charge in [0.25, 0.3) is 0 Å². The summed E-state index contributed by atoms with van der Waals surface area (Å²) in [6.07, 6.45) is -0.129. The molecular formula is C11H13FN2O5. The van der Waals surface area contributed by atoms with Crippen LogP contribution in [0.5, 0.6) is 0 Å². The first kappa shape index (κ1) is 15.0. The maximum absolute atomic E-state index is 13.2. The van der Waals surface area contributed by atoms with Gasteiger partial charge < -0.3 is 15.6 Å². The zero-order valence-electron chi connectivity index (χ0n) is 10.0. The molecule has 0 bridgehead atoms. The molecule has 104 valence electrons. The first-order valence-corrected chi connectivity index (χ1v) is 5.33. The minimum atomic E-state index is -1.44. The molecule has 0 aromatic heterocycles. The van der Waals surface area contributed by atoms with Crippen LogP contribution in [0.2, 0.25) is 0 Å². The number of quaternary nitrogens is 1. The second kappa shape index (κ2) is 6.23. The van der Waals surface area contributed by atoms with Gasteiger partial charge in [-0.25, -0.2) is 14.4 Å². The minimum absolute atomic E-state index is 0.129. The third-order valence-corrected chi connectivity index (χ3v) is 2.38. The lowest BCUT2D eigenvalue weighted by Gasteiger charge is -2.16. The fourth-order valence-electron chi connectivity index (χ4n) is 1.54. The summed E-state index contributed by atoms with van der Waals surface area (Å²) in [5.41, 5.74) is -0.232. The van der Waals surface area contributed by atoms with Crippen molar-refractivity contribution in [2.45, 2.75) is 19.4 Å². The van der Waals surface area contributed by atoms with Gasteiger partial charge in [-0.05, 0) is 11.6 Å². The first-order valence-electron chi connectivity index (χ1n) is 5.33. The summed E-state index contributed by atoms with van der Waals surface area (Å²) in [5.74, 6) is -2.67. The molecule has 0 spiro atoms. The number of aliphatic carboxylic acids is 1. The molecule has 1 aromatic rings. The molecule has 0 fully saturated rings. The highest BCUT2D eigenvalue weighted by molar-refractivity contribution is 5.82. The van der Waals surface area contributed by atoms with Gasteiger partial charge in [0.15, 0.2) is 11.5 Å². The van der Waals surface area contributed by atoms with Crippen molar-refractivity contribution in [2.75, 3.05) is 0 Å². The lowest BCUT2D eigenvalue weighted by atomic mass is 10.1. The topological polar surface area (TPSA) is 114 Å². The Kier molecular flexibility index (Phi) is 4.93. The van der Waals surface area contributed by atoms with Gasteiger partial charge in [0.1, 0.15) is 6.04 Å². The van der Waals surface area contributed by atoms with E-state index in [2.05, 4.69) is 5.32 Å². The van der Waals surface area contributed by atoms with Crippen LogP contribution in [0.3, 0.4) is 0 Å². The number of carboxylic acid groups (broad SMARTS) is 1. The van der Waals surface area contributed by atoms with Crippen molar-refractivity contribution in [3.05, 3.63) is 34.8 Å². The van der Waals surface area contributed by atoms with E-state index in [-0.39, 0.29) is 6.42 Å². The molecule has 0 aliphatic rings. The van der Waals surface area contributed by atoms with Crippen LogP contribution in [-0.2, 0) is 16.0 Å². The molecule has 8 heteroatoms. The van der Waals surface area contributed by atoms with E-state index in [1.54, 1.807) is 0 Å². The number of carbonyl (C=O) groups is 2. The Labute approximate surface area is 107 Å². The largest absolute Gasteiger partial charge is 0.595 e. The molecule has 0 aliphatic carbocycles. The summed E-state index contributed by atoms with van der Waals surface area (Å²) in [6.45, 7) is 1.17. The van der Waals surface area contributed by atoms with Crippen molar-refractivity contribution in [1.29, 1.82) is 0 Å². The number of carboxylic acids is 1. The number of rotatable bonds is 5. The van der Waals surface area contributed by atoms with Crippen LogP contribution in [0.1, 0.15) is 12.5 Å². The van der Waals surface area contributed by atoms with Gasteiger partial charge >= 0.3 is 5.97 Å². The Bertz CT molecular complexity index is 492. The number of hydrogen-bond donors (Lipinski definition) is 4. The lowest BCUT2D eigenvalue weighted by Crippen LogP contribution is -2.99. The summed E-state index contributed by atoms with van der Waals surface area (Å²) in [4.78, 5) is 21.8. The Morgan fingerprint density at radius 2 is 2.16 bits per heavy atom. The molecule has 0 saturated heterocycles. The molecule has 19 heavy (non-hydrogen) atoms. The second-order valence-corrected chi connectivity index (χ2v) is 3.91. The molecule has 0 saturated carbocycles. The average Bonchev–Trinajstić information content (AvgIpc) is 2.29. The van der Waals surface area contributed by atoms with Gasteiger partial charge in [0.2, 0.25) is 5.91 Å². The summed E-state index contributed by atoms with van der Waals surface area (Å²) in [5, 5.41) is 29.2. The van der Waals surface area contributed by atoms with Crippen molar-refractivity contribution in [1.82, 2.24) is 5.32 Å². The van der Waals surface area contributed by atoms with Crippen LogP contribution in [0, 0.1) is 11.0 Å². The van der Waals surface area contributed by atoms with Crippen LogP contribution in [-0.4, -0.2) is 28.2 Å². The quantitative estimate of drug-likeness (QED) is 0.532. The molecule has 1 rings (SSSR count). The zero-order chi connectivity index (χ0) is 14.6. The Hall–Kier alpha value is -2.03. The van der Waals surface area contributed by atoms with E-state index in [9.17, 15) is 19.2 Å². The highest BCUT2D eigenvalue weighted by atomic mass is 19.1. The van der Waals surface area contributed by atoms with Crippen molar-refractivity contribution in [2.24, 2.45) is 0 Å². The fraction of sp³-hybridized carbons (Fsp3) is 0.273. The van der Waals surface area contributed by atoms with Crippen molar-refractivity contribution < 1.29 is 29.5 Å². The fourth-order valence-corrected chi connectivity index (χ4v) is 1.54. The normalized spacial score (nSPS) is 13.7. The van der Waals surface area contributed by atoms with Crippen LogP contribution in [0.4, 0.5) is 10.1 Å². The molecule has 0 aliphatic heterocycles. The predicted octanol–water partition coefficient (Wildman–Crippen LogP) is -0.639. The second-order valence-electron chi connectivity index (χ2n) is 3.91. The van der Waals surface area contributed by atoms with Gasteiger partial charge in [-0.15, -0.1) is 0 Å². The molecule has 1 aromatic carbocycles. The van der Waals surface area contributed by atoms with E-state index in [0.717, 1.165) is 12.1 Å². The van der Waals surface area contributed by atoms with Crippen molar-refractivity contribution >= 4 is 17.6 Å². The molecule has 2 unspecified atom stereocenters. The molecule has 7 nitrogen and oxygen atoms in total. The Morgan fingerprint density at radius 3 is 2.63 bits per heavy atom. The zero-order valence-corrected chi connectivity index (χ0v) is 10.0. The smallest absolute Gasteiger partial charge is 0.326 e. The van der Waals surface area contributed by atoms with E-state index in [0.29, 0.717) is 5.56 Å². The maximum atomic E-state index is 13.2. The molecule has 4 N–H and O–H groups in total. The molecule has 0 radical (unpaired) electrons. The number of amides is 1. The SMILES string of the molecule is CC(=O)NC(Cc1ccc(F)c([NH+]([O-])O)c1)C(=O)O. The van der Waals surface area contributed by atoms with Crippen molar-refractivity contribution in [3.8, 4) is 0 Å². The van der Waals surface area contributed by atoms with E-state index >= 15 is 0 Å². The standard InChI is InChI=1S/C11H13FN2O5/c1-6(15)13-9(11(16)17)4-7-2-3-8(12)10(5-7)14(18)19/h2-3,5,9,14,18H,4H2,1H3,(H,13,15)(H,16,17). The van der Waals surface area contributed by atoms with E-state index in [1.165, 1.54) is 13.0 Å². The highest BCUT2D eigenvalue weighted by Crippen LogP contribution is 2.13. The van der Waals surface area contributed by atoms with Crippen LogP contribution in [0.25, 0.3) is 0 Å². The predicted molar refractivity (Wildman–Crippen MR) is 61.1 cm³/mol. The Morgan fingerprint density at radius 1 is 1.53 bits per heavy atom. The monoisotopic (exact) mass is 272 g/mol. The Balaban J connectivity index is 2.94. The van der Waals surface area contributed by atoms with E-state index in [4.69, 9.17) is 10.3 Å². The maximum Gasteiger partial charge on any atom is 0.326 e. The van der Waals surface area contributed by atoms with E-state index in [1.807, 2.05) is 0 Å². The molecule has 0 heterocycles. The average molecular weight is 272 g/mol. The minimum Gasteiger partial charge on any atom is -0.595 e. The van der Waals surface area contributed by atoms with Crippen LogP contribution >= 0.6 is 0 Å². The van der Waals surface area contributed by atoms with Gasteiger partial charge in [-0.2, -0.15) is 5.23 Å². The van der Waals surface area contributed by atoms with Crippen LogP contribution in [0.15, 0.2) is 18.2 Å². The summed E-state index contributed by atoms with van der Waals surface area (Å²) in [6, 6.07) is 2.09. The van der Waals surface area contributed by atoms with Gasteiger partial charge in [-0.1, -0.05) is 6.07 Å². The van der Waals surface area contributed by atoms with Gasteiger partial charge in [0.05, 0.1) is 0 Å². The summed E-state index contributed by atoms with van der Waals surface area (Å²) < 4.78 is 13.2. The lowest BCUT2D eigenvalue weighted by molar-refractivity contribution is -0.992. The molecule has 1 amide bonds. The third kappa shape index (κ3) is 4.28. The molecule has 2 atom stereocenters. The summed E-state index contributed by atoms with van der Waals surface area (Å²) >= 11 is 0. The van der Waals surface area contributed by atoms with Crippen molar-refractivity contribution in [3.63, 3.8) is 0 Å². The number of hydrogen-bond acceptors (Lipinski definition) is 4. The number of carbonyl (C=O) groups excluding carboxylic acids is 1. The number of benzene rings is 1. The van der Waals surface area contributed by atoms with Crippen LogP contribution < -0.4 is 10.5 Å². The number of halogens is 1. The first-order chi connectivity index (χ1) is 8.81. The molecular weight excluding hydrogens is 259 g/mol. The van der Waals surface area contributed by atoms with Gasteiger partial charge in [0, 0.05) is 19.4 Å². The summed E-state index contributed by atoms with van der Waals surface area (Å²) in [7, 11) is 0.